The Kier molecular flexibility index (Phi) is 4.04. The van der Waals surface area contributed by atoms with Crippen LogP contribution < -0.4 is 5.73 Å². The first-order chi connectivity index (χ1) is 10.1. The number of piperidine rings is 1. The monoisotopic (exact) mass is 291 g/mol. The lowest BCUT2D eigenvalue weighted by Gasteiger charge is -2.51. The van der Waals surface area contributed by atoms with Gasteiger partial charge in [-0.2, -0.15) is 0 Å². The van der Waals surface area contributed by atoms with E-state index < -0.39 is 0 Å². The van der Waals surface area contributed by atoms with E-state index >= 15 is 0 Å². The van der Waals surface area contributed by atoms with Gasteiger partial charge in [-0.3, -0.25) is 4.90 Å². The summed E-state index contributed by atoms with van der Waals surface area (Å²) in [5, 5.41) is 0. The third-order valence-corrected chi connectivity index (χ3v) is 5.89. The summed E-state index contributed by atoms with van der Waals surface area (Å²) in [5.74, 6) is 0.489. The van der Waals surface area contributed by atoms with Gasteiger partial charge in [0.2, 0.25) is 0 Å². The number of benzene rings is 1. The van der Waals surface area contributed by atoms with Crippen LogP contribution in [0, 0.1) is 11.7 Å². The van der Waals surface area contributed by atoms with Gasteiger partial charge in [0, 0.05) is 30.2 Å². The van der Waals surface area contributed by atoms with Crippen molar-refractivity contribution >= 4 is 0 Å². The van der Waals surface area contributed by atoms with Gasteiger partial charge in [-0.25, -0.2) is 4.39 Å². The van der Waals surface area contributed by atoms with E-state index in [9.17, 15) is 4.39 Å². The Morgan fingerprint density at radius 2 is 2.19 bits per heavy atom. The summed E-state index contributed by atoms with van der Waals surface area (Å²) in [4.78, 5) is 4.87. The molecule has 2 heterocycles. The van der Waals surface area contributed by atoms with Crippen molar-refractivity contribution in [2.75, 3.05) is 33.2 Å². The van der Waals surface area contributed by atoms with Crippen LogP contribution in [0.1, 0.15) is 31.4 Å². The molecule has 1 aromatic rings. The third-order valence-electron chi connectivity index (χ3n) is 5.89. The maximum atomic E-state index is 14.1. The van der Waals surface area contributed by atoms with Crippen LogP contribution >= 0.6 is 0 Å². The average molecular weight is 291 g/mol. The molecule has 2 aliphatic heterocycles. The molecule has 1 aromatic carbocycles. The van der Waals surface area contributed by atoms with E-state index in [2.05, 4.69) is 23.8 Å². The molecule has 0 spiro atoms. The fraction of sp³-hybridized carbons (Fsp3) is 0.647. The van der Waals surface area contributed by atoms with Crippen LogP contribution in [0.4, 0.5) is 4.39 Å². The topological polar surface area (TPSA) is 32.5 Å². The minimum absolute atomic E-state index is 0.00863. The molecule has 0 saturated carbocycles. The molecule has 0 aromatic heterocycles. The van der Waals surface area contributed by atoms with Crippen molar-refractivity contribution in [2.45, 2.75) is 31.3 Å². The first kappa shape index (κ1) is 14.9. The van der Waals surface area contributed by atoms with E-state index in [1.165, 1.54) is 13.0 Å². The minimum atomic E-state index is -0.118. The number of nitrogens with zero attached hydrogens (tertiary/aromatic N) is 2. The highest BCUT2D eigenvalue weighted by molar-refractivity contribution is 5.22. The van der Waals surface area contributed by atoms with Gasteiger partial charge in [0.15, 0.2) is 0 Å². The standard InChI is InChI=1S/C17H26FN3/c1-13(15-5-3-4-6-16(15)18)20(2)17(12-19)8-10-21-9-7-14(17)11-21/h3-6,13-14H,7-12,19H2,1-2H3. The Morgan fingerprint density at radius 3 is 2.90 bits per heavy atom. The number of rotatable bonds is 4. The number of likely N-dealkylation sites (N-methyl/N-ethyl adjacent to an activating group) is 1. The first-order valence-electron chi connectivity index (χ1n) is 7.98. The summed E-state index contributed by atoms with van der Waals surface area (Å²) in [6.45, 7) is 6.19. The number of fused-ring (bicyclic) bond motifs is 2. The Labute approximate surface area is 126 Å². The molecule has 2 bridgehead atoms. The zero-order valence-corrected chi connectivity index (χ0v) is 13.1. The fourth-order valence-electron chi connectivity index (χ4n) is 4.32. The zero-order chi connectivity index (χ0) is 15.0. The fourth-order valence-corrected chi connectivity index (χ4v) is 4.32. The molecule has 21 heavy (non-hydrogen) atoms. The Balaban J connectivity index is 1.88. The smallest absolute Gasteiger partial charge is 0.127 e. The molecule has 3 rings (SSSR count). The lowest BCUT2D eigenvalue weighted by atomic mass is 9.76. The van der Waals surface area contributed by atoms with Crippen molar-refractivity contribution < 1.29 is 4.39 Å². The highest BCUT2D eigenvalue weighted by atomic mass is 19.1. The largest absolute Gasteiger partial charge is 0.329 e. The lowest BCUT2D eigenvalue weighted by molar-refractivity contribution is 0.000637. The van der Waals surface area contributed by atoms with Crippen molar-refractivity contribution in [1.82, 2.24) is 9.80 Å². The Hall–Kier alpha value is -0.970. The average Bonchev–Trinajstić information content (AvgIpc) is 2.91. The molecular formula is C17H26FN3. The third kappa shape index (κ3) is 2.39. The summed E-state index contributed by atoms with van der Waals surface area (Å²) in [6, 6.07) is 7.15. The van der Waals surface area contributed by atoms with Gasteiger partial charge in [-0.15, -0.1) is 0 Å². The molecule has 2 saturated heterocycles. The van der Waals surface area contributed by atoms with Gasteiger partial charge in [0.05, 0.1) is 0 Å². The molecule has 2 fully saturated rings. The van der Waals surface area contributed by atoms with Crippen LogP contribution in [0.15, 0.2) is 24.3 Å². The number of hydrogen-bond donors (Lipinski definition) is 1. The van der Waals surface area contributed by atoms with E-state index in [1.807, 2.05) is 12.1 Å². The van der Waals surface area contributed by atoms with Crippen LogP contribution in [0.3, 0.4) is 0 Å². The van der Waals surface area contributed by atoms with E-state index in [0.29, 0.717) is 12.5 Å². The molecule has 2 N–H and O–H groups in total. The quantitative estimate of drug-likeness (QED) is 0.923. The van der Waals surface area contributed by atoms with Crippen molar-refractivity contribution in [3.05, 3.63) is 35.6 Å². The second kappa shape index (κ2) is 5.67. The molecule has 3 nitrogen and oxygen atoms in total. The summed E-state index contributed by atoms with van der Waals surface area (Å²) in [7, 11) is 2.12. The van der Waals surface area contributed by atoms with Gasteiger partial charge in [-0.1, -0.05) is 18.2 Å². The van der Waals surface area contributed by atoms with Crippen LogP contribution in [0.2, 0.25) is 0 Å². The van der Waals surface area contributed by atoms with Gasteiger partial charge >= 0.3 is 0 Å². The van der Waals surface area contributed by atoms with Crippen molar-refractivity contribution in [3.63, 3.8) is 0 Å². The van der Waals surface area contributed by atoms with Gasteiger partial charge in [0.25, 0.3) is 0 Å². The second-order valence-corrected chi connectivity index (χ2v) is 6.65. The Bertz CT molecular complexity index is 507. The second-order valence-electron chi connectivity index (χ2n) is 6.65. The number of hydrogen-bond acceptors (Lipinski definition) is 3. The highest BCUT2D eigenvalue weighted by Crippen LogP contribution is 2.42. The van der Waals surface area contributed by atoms with Crippen molar-refractivity contribution in [2.24, 2.45) is 11.7 Å². The molecule has 4 heteroatoms. The summed E-state index contributed by atoms with van der Waals surface area (Å²) < 4.78 is 14.1. The summed E-state index contributed by atoms with van der Waals surface area (Å²) >= 11 is 0. The maximum absolute atomic E-state index is 14.1. The van der Waals surface area contributed by atoms with Gasteiger partial charge in [0.1, 0.15) is 5.82 Å². The molecule has 4 unspecified atom stereocenters. The van der Waals surface area contributed by atoms with Crippen molar-refractivity contribution in [3.8, 4) is 0 Å². The van der Waals surface area contributed by atoms with Gasteiger partial charge < -0.3 is 10.6 Å². The normalized spacial score (nSPS) is 33.4. The van der Waals surface area contributed by atoms with E-state index in [4.69, 9.17) is 5.73 Å². The predicted octanol–water partition coefficient (Wildman–Crippen LogP) is 2.24. The molecule has 0 aliphatic carbocycles. The number of halogens is 1. The van der Waals surface area contributed by atoms with Gasteiger partial charge in [-0.05, 0) is 51.9 Å². The Morgan fingerprint density at radius 1 is 1.43 bits per heavy atom. The summed E-state index contributed by atoms with van der Waals surface area (Å²) in [5.41, 5.74) is 7.00. The molecule has 0 radical (unpaired) electrons. The van der Waals surface area contributed by atoms with Crippen molar-refractivity contribution in [1.29, 1.82) is 0 Å². The maximum Gasteiger partial charge on any atom is 0.127 e. The molecule has 0 amide bonds. The van der Waals surface area contributed by atoms with Crippen LogP contribution in [0.25, 0.3) is 0 Å². The van der Waals surface area contributed by atoms with Crippen LogP contribution in [-0.2, 0) is 0 Å². The zero-order valence-electron chi connectivity index (χ0n) is 13.1. The SMILES string of the molecule is CC(c1ccccc1F)N(C)C1(CN)CCN2CCC1C2. The molecule has 4 atom stereocenters. The minimum Gasteiger partial charge on any atom is -0.329 e. The molecule has 116 valence electrons. The van der Waals surface area contributed by atoms with Crippen LogP contribution in [0.5, 0.6) is 0 Å². The predicted molar refractivity (Wildman–Crippen MR) is 83.5 cm³/mol. The molecular weight excluding hydrogens is 265 g/mol. The molecule has 2 aliphatic rings. The van der Waals surface area contributed by atoms with E-state index in [-0.39, 0.29) is 17.4 Å². The first-order valence-corrected chi connectivity index (χ1v) is 7.98. The lowest BCUT2D eigenvalue weighted by Crippen LogP contribution is -2.61. The van der Waals surface area contributed by atoms with E-state index in [0.717, 1.165) is 25.1 Å². The van der Waals surface area contributed by atoms with E-state index in [1.54, 1.807) is 12.1 Å². The van der Waals surface area contributed by atoms with Crippen LogP contribution in [-0.4, -0.2) is 48.6 Å². The summed E-state index contributed by atoms with van der Waals surface area (Å²) in [6.07, 6.45) is 2.30. The highest BCUT2D eigenvalue weighted by Gasteiger charge is 2.49. The number of nitrogens with two attached hydrogens (primary N) is 1.